The molecule has 11 nitrogen and oxygen atoms in total. The maximum atomic E-state index is 14.0. The van der Waals surface area contributed by atoms with Gasteiger partial charge in [-0.3, -0.25) is 9.89 Å². The molecule has 0 aliphatic carbocycles. The summed E-state index contributed by atoms with van der Waals surface area (Å²) in [6.45, 7) is 7.69. The Kier molecular flexibility index (Phi) is 8.38. The second-order valence-electron chi connectivity index (χ2n) is 12.6. The molecule has 14 heteroatoms. The van der Waals surface area contributed by atoms with Gasteiger partial charge in [-0.15, -0.1) is 0 Å². The van der Waals surface area contributed by atoms with Crippen molar-refractivity contribution in [2.45, 2.75) is 37.2 Å². The van der Waals surface area contributed by atoms with Crippen LogP contribution in [0.15, 0.2) is 59.6 Å². The standard InChI is InChI=1S/C32H38F2N8O3S/c1-32(2)20-42(46(44,45)25-15-21(33)14-22(34)16-25)19-27-29(32)37-38-30(27)36-31(43)26-8-7-23(41-12-10-39(3)11-13-41)17-28(26)35-18-24-6-5-9-40(24)4/h5-9,14-17,35H,10-13,18-20H2,1-4H3,(H2,36,37,38,43). The third-order valence-corrected chi connectivity index (χ3v) is 10.6. The van der Waals surface area contributed by atoms with Gasteiger partial charge in [0.15, 0.2) is 5.82 Å². The number of benzene rings is 2. The van der Waals surface area contributed by atoms with E-state index in [1.807, 2.05) is 55.9 Å². The number of nitrogens with one attached hydrogen (secondary N) is 3. The van der Waals surface area contributed by atoms with E-state index in [0.29, 0.717) is 35.1 Å². The number of carbonyl (C=O) groups excluding carboxylic acids is 1. The van der Waals surface area contributed by atoms with Gasteiger partial charge in [-0.25, -0.2) is 17.2 Å². The average molecular weight is 653 g/mol. The molecule has 1 amide bonds. The quantitative estimate of drug-likeness (QED) is 0.262. The number of anilines is 3. The number of hydrogen-bond acceptors (Lipinski definition) is 7. The average Bonchev–Trinajstić information content (AvgIpc) is 3.61. The molecule has 2 aliphatic heterocycles. The third-order valence-electron chi connectivity index (χ3n) is 8.78. The van der Waals surface area contributed by atoms with Crippen molar-refractivity contribution in [1.82, 2.24) is 24.0 Å². The highest BCUT2D eigenvalue weighted by molar-refractivity contribution is 7.89. The number of rotatable bonds is 8. The van der Waals surface area contributed by atoms with E-state index in [1.165, 1.54) is 0 Å². The van der Waals surface area contributed by atoms with Crippen LogP contribution in [0.2, 0.25) is 0 Å². The number of aromatic amines is 1. The molecule has 0 atom stereocenters. The first-order valence-electron chi connectivity index (χ1n) is 15.1. The maximum Gasteiger partial charge on any atom is 0.258 e. The second kappa shape index (κ2) is 12.2. The van der Waals surface area contributed by atoms with Crippen molar-refractivity contribution in [3.63, 3.8) is 0 Å². The van der Waals surface area contributed by atoms with E-state index in [9.17, 15) is 22.0 Å². The van der Waals surface area contributed by atoms with Crippen LogP contribution in [-0.2, 0) is 35.6 Å². The molecule has 1 saturated heterocycles. The summed E-state index contributed by atoms with van der Waals surface area (Å²) in [5.41, 5.74) is 3.52. The highest BCUT2D eigenvalue weighted by Crippen LogP contribution is 2.38. The lowest BCUT2D eigenvalue weighted by Gasteiger charge is -2.36. The highest BCUT2D eigenvalue weighted by Gasteiger charge is 2.41. The lowest BCUT2D eigenvalue weighted by molar-refractivity contribution is 0.102. The zero-order valence-electron chi connectivity index (χ0n) is 26.3. The first-order chi connectivity index (χ1) is 21.8. The summed E-state index contributed by atoms with van der Waals surface area (Å²) in [7, 11) is -0.215. The third kappa shape index (κ3) is 6.24. The van der Waals surface area contributed by atoms with Crippen LogP contribution in [0.5, 0.6) is 0 Å². The van der Waals surface area contributed by atoms with E-state index in [0.717, 1.165) is 54.0 Å². The lowest BCUT2D eigenvalue weighted by Crippen LogP contribution is -2.45. The fourth-order valence-electron chi connectivity index (χ4n) is 6.11. The molecule has 2 aliphatic rings. The van der Waals surface area contributed by atoms with Crippen LogP contribution in [-0.4, -0.2) is 78.1 Å². The van der Waals surface area contributed by atoms with Crippen LogP contribution in [0.4, 0.5) is 26.0 Å². The van der Waals surface area contributed by atoms with Gasteiger partial charge in [0, 0.05) is 92.3 Å². The molecule has 4 heterocycles. The zero-order valence-corrected chi connectivity index (χ0v) is 27.1. The number of sulfonamides is 1. The van der Waals surface area contributed by atoms with E-state index in [1.54, 1.807) is 6.07 Å². The van der Waals surface area contributed by atoms with E-state index < -0.39 is 37.9 Å². The molecule has 2 aromatic heterocycles. The Morgan fingerprint density at radius 1 is 1.02 bits per heavy atom. The molecule has 3 N–H and O–H groups in total. The van der Waals surface area contributed by atoms with Crippen molar-refractivity contribution in [2.75, 3.05) is 55.3 Å². The molecular formula is C32H38F2N8O3S. The summed E-state index contributed by atoms with van der Waals surface area (Å²) in [5.74, 6) is -2.20. The number of nitrogens with zero attached hydrogens (tertiary/aromatic N) is 5. The molecule has 46 heavy (non-hydrogen) atoms. The number of carbonyl (C=O) groups is 1. The molecular weight excluding hydrogens is 614 g/mol. The van der Waals surface area contributed by atoms with Gasteiger partial charge >= 0.3 is 0 Å². The van der Waals surface area contributed by atoms with Crippen molar-refractivity contribution in [3.05, 3.63) is 88.9 Å². The minimum atomic E-state index is -4.27. The van der Waals surface area contributed by atoms with Crippen molar-refractivity contribution in [2.24, 2.45) is 7.05 Å². The summed E-state index contributed by atoms with van der Waals surface area (Å²) in [5, 5.41) is 13.7. The maximum absolute atomic E-state index is 14.0. The fraction of sp³-hybridized carbons (Fsp3) is 0.375. The van der Waals surface area contributed by atoms with E-state index in [4.69, 9.17) is 0 Å². The zero-order chi connectivity index (χ0) is 32.8. The van der Waals surface area contributed by atoms with Crippen LogP contribution in [0.3, 0.4) is 0 Å². The normalized spacial score (nSPS) is 17.1. The smallest absolute Gasteiger partial charge is 0.258 e. The van der Waals surface area contributed by atoms with Gasteiger partial charge in [-0.05, 0) is 49.5 Å². The van der Waals surface area contributed by atoms with Crippen LogP contribution in [0.25, 0.3) is 0 Å². The van der Waals surface area contributed by atoms with Crippen molar-refractivity contribution >= 4 is 33.1 Å². The summed E-state index contributed by atoms with van der Waals surface area (Å²) in [6.07, 6.45) is 1.96. The van der Waals surface area contributed by atoms with Gasteiger partial charge in [-0.2, -0.15) is 9.40 Å². The van der Waals surface area contributed by atoms with Gasteiger partial charge < -0.3 is 25.0 Å². The molecule has 4 aromatic rings. The Balaban J connectivity index is 1.29. The number of aryl methyl sites for hydroxylation is 1. The summed E-state index contributed by atoms with van der Waals surface area (Å²) < 4.78 is 58.2. The van der Waals surface area contributed by atoms with E-state index in [-0.39, 0.29) is 18.9 Å². The minimum Gasteiger partial charge on any atom is -0.379 e. The van der Waals surface area contributed by atoms with Gasteiger partial charge in [0.05, 0.1) is 17.0 Å². The SMILES string of the molecule is CN1CCN(c2ccc(C(=O)Nc3n[nH]c4c3CN(S(=O)(=O)c3cc(F)cc(F)c3)CC4(C)C)c(NCc3cccn3C)c2)CC1. The first-order valence-corrected chi connectivity index (χ1v) is 16.5. The molecule has 0 spiro atoms. The Morgan fingerprint density at radius 3 is 2.41 bits per heavy atom. The van der Waals surface area contributed by atoms with Crippen LogP contribution < -0.4 is 15.5 Å². The van der Waals surface area contributed by atoms with E-state index in [2.05, 4.69) is 37.7 Å². The Labute approximate surface area is 267 Å². The molecule has 244 valence electrons. The van der Waals surface area contributed by atoms with Gasteiger partial charge in [0.1, 0.15) is 11.6 Å². The van der Waals surface area contributed by atoms with Crippen LogP contribution >= 0.6 is 0 Å². The van der Waals surface area contributed by atoms with E-state index >= 15 is 0 Å². The number of aromatic nitrogens is 3. The summed E-state index contributed by atoms with van der Waals surface area (Å²) in [4.78, 5) is 18.0. The topological polar surface area (TPSA) is 119 Å². The van der Waals surface area contributed by atoms with Gasteiger partial charge in [0.25, 0.3) is 5.91 Å². The lowest BCUT2D eigenvalue weighted by atomic mass is 9.84. The van der Waals surface area contributed by atoms with Crippen LogP contribution in [0, 0.1) is 11.6 Å². The second-order valence-corrected chi connectivity index (χ2v) is 14.6. The molecule has 2 aromatic carbocycles. The van der Waals surface area contributed by atoms with Crippen molar-refractivity contribution < 1.29 is 22.0 Å². The summed E-state index contributed by atoms with van der Waals surface area (Å²) >= 11 is 0. The molecule has 0 saturated carbocycles. The van der Waals surface area contributed by atoms with Gasteiger partial charge in [-0.1, -0.05) is 13.8 Å². The Hall–Kier alpha value is -4.27. The van der Waals surface area contributed by atoms with Crippen molar-refractivity contribution in [3.8, 4) is 0 Å². The number of hydrogen-bond donors (Lipinski definition) is 3. The first kappa shape index (κ1) is 31.7. The van der Waals surface area contributed by atoms with Crippen LogP contribution in [0.1, 0.15) is 41.2 Å². The number of amides is 1. The molecule has 6 rings (SSSR count). The molecule has 0 unspecified atom stereocenters. The number of likely N-dealkylation sites (N-methyl/N-ethyl adjacent to an activating group) is 1. The fourth-order valence-corrected chi connectivity index (χ4v) is 7.72. The molecule has 0 bridgehead atoms. The number of fused-ring (bicyclic) bond motifs is 1. The highest BCUT2D eigenvalue weighted by atomic mass is 32.2. The Morgan fingerprint density at radius 2 is 1.74 bits per heavy atom. The Bertz CT molecular complexity index is 1860. The monoisotopic (exact) mass is 652 g/mol. The number of halogens is 2. The molecule has 1 fully saturated rings. The summed E-state index contributed by atoms with van der Waals surface area (Å²) in [6, 6.07) is 11.9. The predicted octanol–water partition coefficient (Wildman–Crippen LogP) is 4.12. The number of piperazine rings is 1. The number of H-pyrrole nitrogens is 1. The largest absolute Gasteiger partial charge is 0.379 e. The van der Waals surface area contributed by atoms with Crippen molar-refractivity contribution in [1.29, 1.82) is 0 Å². The predicted molar refractivity (Wildman–Crippen MR) is 172 cm³/mol. The van der Waals surface area contributed by atoms with Gasteiger partial charge in [0.2, 0.25) is 10.0 Å². The minimum absolute atomic E-state index is 0.0387. The molecule has 0 radical (unpaired) electrons.